The standard InChI is InChI=1S/C9H12FN3/c10-7-3-6(5-1-2-5)9(13-12)4-8(7)11/h3-5,13H,1-2,11-12H2. The molecule has 1 aliphatic rings. The molecule has 0 aromatic heterocycles. The second-order valence-corrected chi connectivity index (χ2v) is 3.38. The van der Waals surface area contributed by atoms with Crippen LogP contribution in [0.15, 0.2) is 12.1 Å². The Hall–Kier alpha value is -1.29. The average molecular weight is 181 g/mol. The van der Waals surface area contributed by atoms with Gasteiger partial charge in [-0.15, -0.1) is 0 Å². The molecule has 1 fully saturated rings. The van der Waals surface area contributed by atoms with Crippen LogP contribution in [0, 0.1) is 5.82 Å². The monoisotopic (exact) mass is 181 g/mol. The fourth-order valence-corrected chi connectivity index (χ4v) is 1.46. The smallest absolute Gasteiger partial charge is 0.146 e. The number of rotatable bonds is 2. The van der Waals surface area contributed by atoms with Crippen LogP contribution in [0.25, 0.3) is 0 Å². The number of halogens is 1. The molecule has 1 aromatic carbocycles. The lowest BCUT2D eigenvalue weighted by atomic mass is 10.1. The van der Waals surface area contributed by atoms with Crippen molar-refractivity contribution < 1.29 is 4.39 Å². The van der Waals surface area contributed by atoms with Crippen LogP contribution < -0.4 is 17.0 Å². The van der Waals surface area contributed by atoms with Gasteiger partial charge in [0.05, 0.1) is 11.4 Å². The predicted octanol–water partition coefficient (Wildman–Crippen LogP) is 1.57. The van der Waals surface area contributed by atoms with Crippen molar-refractivity contribution in [2.75, 3.05) is 11.2 Å². The van der Waals surface area contributed by atoms with Crippen molar-refractivity contribution >= 4 is 11.4 Å². The van der Waals surface area contributed by atoms with E-state index in [1.54, 1.807) is 6.07 Å². The van der Waals surface area contributed by atoms with Gasteiger partial charge in [0.15, 0.2) is 0 Å². The van der Waals surface area contributed by atoms with Gasteiger partial charge < -0.3 is 11.2 Å². The van der Waals surface area contributed by atoms with Crippen molar-refractivity contribution in [3.8, 4) is 0 Å². The van der Waals surface area contributed by atoms with Gasteiger partial charge >= 0.3 is 0 Å². The van der Waals surface area contributed by atoms with Crippen LogP contribution in [0.3, 0.4) is 0 Å². The maximum absolute atomic E-state index is 13.1. The topological polar surface area (TPSA) is 64.1 Å². The molecule has 1 saturated carbocycles. The van der Waals surface area contributed by atoms with E-state index in [1.807, 2.05) is 0 Å². The molecular weight excluding hydrogens is 169 g/mol. The van der Waals surface area contributed by atoms with Gasteiger partial charge in [0.1, 0.15) is 5.82 Å². The molecule has 70 valence electrons. The molecule has 0 aliphatic heterocycles. The Morgan fingerprint density at radius 3 is 2.62 bits per heavy atom. The van der Waals surface area contributed by atoms with Crippen LogP contribution in [0.2, 0.25) is 0 Å². The second-order valence-electron chi connectivity index (χ2n) is 3.38. The maximum atomic E-state index is 13.1. The van der Waals surface area contributed by atoms with E-state index >= 15 is 0 Å². The van der Waals surface area contributed by atoms with E-state index in [0.717, 1.165) is 24.1 Å². The predicted molar refractivity (Wildman–Crippen MR) is 50.6 cm³/mol. The Bertz CT molecular complexity index is 334. The minimum atomic E-state index is -0.360. The van der Waals surface area contributed by atoms with Crippen LogP contribution in [0.5, 0.6) is 0 Å². The van der Waals surface area contributed by atoms with Gasteiger partial charge in [-0.05, 0) is 36.5 Å². The summed E-state index contributed by atoms with van der Waals surface area (Å²) in [6.07, 6.45) is 2.22. The van der Waals surface area contributed by atoms with E-state index in [-0.39, 0.29) is 11.5 Å². The zero-order valence-corrected chi connectivity index (χ0v) is 7.18. The molecule has 1 aliphatic carbocycles. The minimum absolute atomic E-state index is 0.136. The number of hydrazine groups is 1. The summed E-state index contributed by atoms with van der Waals surface area (Å²) in [5.41, 5.74) is 9.77. The highest BCUT2D eigenvalue weighted by Gasteiger charge is 2.26. The number of benzene rings is 1. The first-order valence-electron chi connectivity index (χ1n) is 4.28. The Labute approximate surface area is 75.9 Å². The lowest BCUT2D eigenvalue weighted by Crippen LogP contribution is -2.10. The van der Waals surface area contributed by atoms with Gasteiger partial charge in [-0.2, -0.15) is 0 Å². The van der Waals surface area contributed by atoms with Crippen LogP contribution in [-0.2, 0) is 0 Å². The second kappa shape index (κ2) is 2.88. The number of nitrogens with two attached hydrogens (primary N) is 2. The van der Waals surface area contributed by atoms with Crippen molar-refractivity contribution in [3.63, 3.8) is 0 Å². The highest BCUT2D eigenvalue weighted by atomic mass is 19.1. The van der Waals surface area contributed by atoms with Crippen molar-refractivity contribution in [1.82, 2.24) is 0 Å². The first-order chi connectivity index (χ1) is 6.22. The number of anilines is 2. The van der Waals surface area contributed by atoms with E-state index < -0.39 is 0 Å². The SMILES string of the molecule is NNc1cc(N)c(F)cc1C1CC1. The molecule has 0 radical (unpaired) electrons. The molecule has 2 rings (SSSR count). The summed E-state index contributed by atoms with van der Waals surface area (Å²) in [6, 6.07) is 3.02. The van der Waals surface area contributed by atoms with Crippen LogP contribution in [0.1, 0.15) is 24.3 Å². The number of nitrogen functional groups attached to an aromatic ring is 2. The molecular formula is C9H12FN3. The third-order valence-electron chi connectivity index (χ3n) is 2.34. The van der Waals surface area contributed by atoms with Crippen molar-refractivity contribution in [1.29, 1.82) is 0 Å². The summed E-state index contributed by atoms with van der Waals surface area (Å²) >= 11 is 0. The number of hydrogen-bond acceptors (Lipinski definition) is 3. The largest absolute Gasteiger partial charge is 0.396 e. The van der Waals surface area contributed by atoms with Crippen LogP contribution >= 0.6 is 0 Å². The molecule has 13 heavy (non-hydrogen) atoms. The molecule has 1 aromatic rings. The third-order valence-corrected chi connectivity index (χ3v) is 2.34. The normalized spacial score (nSPS) is 15.8. The molecule has 0 amide bonds. The highest BCUT2D eigenvalue weighted by molar-refractivity contribution is 5.61. The Morgan fingerprint density at radius 1 is 1.38 bits per heavy atom. The summed E-state index contributed by atoms with van der Waals surface area (Å²) < 4.78 is 13.1. The minimum Gasteiger partial charge on any atom is -0.396 e. The lowest BCUT2D eigenvalue weighted by Gasteiger charge is -2.09. The zero-order chi connectivity index (χ0) is 9.42. The Kier molecular flexibility index (Phi) is 1.84. The highest BCUT2D eigenvalue weighted by Crippen LogP contribution is 2.44. The van der Waals surface area contributed by atoms with E-state index in [4.69, 9.17) is 11.6 Å². The summed E-state index contributed by atoms with van der Waals surface area (Å²) in [4.78, 5) is 0. The van der Waals surface area contributed by atoms with Crippen LogP contribution in [-0.4, -0.2) is 0 Å². The summed E-state index contributed by atoms with van der Waals surface area (Å²) in [7, 11) is 0. The fourth-order valence-electron chi connectivity index (χ4n) is 1.46. The third kappa shape index (κ3) is 1.45. The molecule has 5 N–H and O–H groups in total. The maximum Gasteiger partial charge on any atom is 0.146 e. The van der Waals surface area contributed by atoms with Crippen molar-refractivity contribution in [3.05, 3.63) is 23.5 Å². The summed E-state index contributed by atoms with van der Waals surface area (Å²) in [5, 5.41) is 0. The number of hydrogen-bond donors (Lipinski definition) is 3. The molecule has 0 bridgehead atoms. The van der Waals surface area contributed by atoms with E-state index in [9.17, 15) is 4.39 Å². The number of nitrogens with one attached hydrogen (secondary N) is 1. The van der Waals surface area contributed by atoms with Crippen LogP contribution in [0.4, 0.5) is 15.8 Å². The molecule has 0 unspecified atom stereocenters. The van der Waals surface area contributed by atoms with E-state index in [2.05, 4.69) is 5.43 Å². The quantitative estimate of drug-likeness (QED) is 0.368. The van der Waals surface area contributed by atoms with E-state index in [0.29, 0.717) is 5.92 Å². The van der Waals surface area contributed by atoms with Gasteiger partial charge in [-0.3, -0.25) is 5.84 Å². The first-order valence-corrected chi connectivity index (χ1v) is 4.28. The molecule has 4 heteroatoms. The average Bonchev–Trinajstić information content (AvgIpc) is 2.92. The Morgan fingerprint density at radius 2 is 2.08 bits per heavy atom. The zero-order valence-electron chi connectivity index (χ0n) is 7.18. The summed E-state index contributed by atoms with van der Waals surface area (Å²) in [6.45, 7) is 0. The van der Waals surface area contributed by atoms with Gasteiger partial charge in [0, 0.05) is 0 Å². The molecule has 3 nitrogen and oxygen atoms in total. The summed E-state index contributed by atoms with van der Waals surface area (Å²) in [5.74, 6) is 5.41. The van der Waals surface area contributed by atoms with Gasteiger partial charge in [0.25, 0.3) is 0 Å². The fraction of sp³-hybridized carbons (Fsp3) is 0.333. The molecule has 0 heterocycles. The van der Waals surface area contributed by atoms with Gasteiger partial charge in [-0.25, -0.2) is 4.39 Å². The molecule has 0 saturated heterocycles. The van der Waals surface area contributed by atoms with Crippen molar-refractivity contribution in [2.45, 2.75) is 18.8 Å². The molecule has 0 spiro atoms. The van der Waals surface area contributed by atoms with Gasteiger partial charge in [0.2, 0.25) is 0 Å². The lowest BCUT2D eigenvalue weighted by molar-refractivity contribution is 0.630. The molecule has 0 atom stereocenters. The van der Waals surface area contributed by atoms with Gasteiger partial charge in [-0.1, -0.05) is 0 Å². The Balaban J connectivity index is 2.46. The first kappa shape index (κ1) is 8.31. The van der Waals surface area contributed by atoms with Crippen molar-refractivity contribution in [2.24, 2.45) is 5.84 Å². The van der Waals surface area contributed by atoms with E-state index in [1.165, 1.54) is 6.07 Å².